The molecule has 86 valence electrons. The van der Waals surface area contributed by atoms with Crippen LogP contribution < -0.4 is 4.90 Å². The van der Waals surface area contributed by atoms with E-state index in [4.69, 9.17) is 5.11 Å². The van der Waals surface area contributed by atoms with Gasteiger partial charge in [-0.25, -0.2) is 9.78 Å². The molecule has 16 heavy (non-hydrogen) atoms. The monoisotopic (exact) mass is 220 g/mol. The van der Waals surface area contributed by atoms with Gasteiger partial charge in [-0.2, -0.15) is 0 Å². The predicted octanol–water partition coefficient (Wildman–Crippen LogP) is 2.16. The molecule has 0 unspecified atom stereocenters. The second-order valence-corrected chi connectivity index (χ2v) is 4.74. The normalized spacial score (nSPS) is 18.8. The van der Waals surface area contributed by atoms with Crippen LogP contribution >= 0.6 is 0 Å². The molecule has 1 aromatic rings. The Morgan fingerprint density at radius 2 is 2.31 bits per heavy atom. The standard InChI is InChI=1S/C12H16N2O2/c1-12(2)6-4-8-14(12)9-5-3-7-13-10(9)11(15)16/h3,5,7H,4,6,8H2,1-2H3,(H,15,16). The highest BCUT2D eigenvalue weighted by molar-refractivity contribution is 5.92. The van der Waals surface area contributed by atoms with Crippen LogP contribution in [0.15, 0.2) is 18.3 Å². The Kier molecular flexibility index (Phi) is 2.58. The smallest absolute Gasteiger partial charge is 0.356 e. The number of aromatic nitrogens is 1. The van der Waals surface area contributed by atoms with Crippen LogP contribution in [0.25, 0.3) is 0 Å². The number of hydrogen-bond donors (Lipinski definition) is 1. The van der Waals surface area contributed by atoms with Gasteiger partial charge in [-0.3, -0.25) is 0 Å². The van der Waals surface area contributed by atoms with Crippen molar-refractivity contribution >= 4 is 11.7 Å². The molecule has 1 aliphatic heterocycles. The van der Waals surface area contributed by atoms with Gasteiger partial charge in [-0.05, 0) is 38.8 Å². The number of aromatic carboxylic acids is 1. The summed E-state index contributed by atoms with van der Waals surface area (Å²) in [5, 5.41) is 9.11. The highest BCUT2D eigenvalue weighted by Gasteiger charge is 2.34. The number of hydrogen-bond acceptors (Lipinski definition) is 3. The molecule has 1 N–H and O–H groups in total. The summed E-state index contributed by atoms with van der Waals surface area (Å²) < 4.78 is 0. The summed E-state index contributed by atoms with van der Waals surface area (Å²) in [6, 6.07) is 3.62. The van der Waals surface area contributed by atoms with Gasteiger partial charge in [0.25, 0.3) is 0 Å². The zero-order chi connectivity index (χ0) is 11.8. The third-order valence-electron chi connectivity index (χ3n) is 3.18. The third-order valence-corrected chi connectivity index (χ3v) is 3.18. The van der Waals surface area contributed by atoms with E-state index in [0.717, 1.165) is 25.1 Å². The lowest BCUT2D eigenvalue weighted by molar-refractivity contribution is 0.0691. The van der Waals surface area contributed by atoms with Crippen LogP contribution in [0.4, 0.5) is 5.69 Å². The van der Waals surface area contributed by atoms with Gasteiger partial charge in [0.15, 0.2) is 5.69 Å². The summed E-state index contributed by atoms with van der Waals surface area (Å²) in [7, 11) is 0. The predicted molar refractivity (Wildman–Crippen MR) is 61.9 cm³/mol. The van der Waals surface area contributed by atoms with E-state index in [0.29, 0.717) is 0 Å². The highest BCUT2D eigenvalue weighted by Crippen LogP contribution is 2.34. The summed E-state index contributed by atoms with van der Waals surface area (Å²) in [6.07, 6.45) is 3.71. The van der Waals surface area contributed by atoms with Gasteiger partial charge >= 0.3 is 5.97 Å². The van der Waals surface area contributed by atoms with Gasteiger partial charge in [0, 0.05) is 18.3 Å². The van der Waals surface area contributed by atoms with Gasteiger partial charge in [-0.15, -0.1) is 0 Å². The zero-order valence-electron chi connectivity index (χ0n) is 9.60. The lowest BCUT2D eigenvalue weighted by Crippen LogP contribution is -2.39. The van der Waals surface area contributed by atoms with Crippen molar-refractivity contribution in [2.24, 2.45) is 0 Å². The summed E-state index contributed by atoms with van der Waals surface area (Å²) in [5.74, 6) is -0.960. The average molecular weight is 220 g/mol. The lowest BCUT2D eigenvalue weighted by atomic mass is 10.0. The van der Waals surface area contributed by atoms with Gasteiger partial charge < -0.3 is 10.0 Å². The Labute approximate surface area is 94.9 Å². The Morgan fingerprint density at radius 1 is 1.56 bits per heavy atom. The fourth-order valence-corrected chi connectivity index (χ4v) is 2.33. The molecule has 0 amide bonds. The van der Waals surface area contributed by atoms with E-state index in [1.807, 2.05) is 6.07 Å². The van der Waals surface area contributed by atoms with E-state index in [2.05, 4.69) is 23.7 Å². The van der Waals surface area contributed by atoms with Gasteiger partial charge in [0.2, 0.25) is 0 Å². The van der Waals surface area contributed by atoms with E-state index in [9.17, 15) is 4.79 Å². The average Bonchev–Trinajstić information content (AvgIpc) is 2.58. The molecule has 2 rings (SSSR count). The Bertz CT molecular complexity index is 415. The molecule has 0 aliphatic carbocycles. The maximum atomic E-state index is 11.1. The van der Waals surface area contributed by atoms with E-state index >= 15 is 0 Å². The minimum atomic E-state index is -0.960. The Balaban J connectivity index is 2.44. The van der Waals surface area contributed by atoms with Crippen molar-refractivity contribution in [1.82, 2.24) is 4.98 Å². The van der Waals surface area contributed by atoms with Crippen molar-refractivity contribution < 1.29 is 9.90 Å². The number of carbonyl (C=O) groups is 1. The van der Waals surface area contributed by atoms with Crippen LogP contribution in [0, 0.1) is 0 Å². The molecule has 0 bridgehead atoms. The first-order chi connectivity index (χ1) is 7.52. The molecule has 0 spiro atoms. The molecular formula is C12H16N2O2. The van der Waals surface area contributed by atoms with Crippen molar-refractivity contribution in [3.05, 3.63) is 24.0 Å². The first kappa shape index (κ1) is 10.9. The lowest BCUT2D eigenvalue weighted by Gasteiger charge is -2.34. The molecule has 0 radical (unpaired) electrons. The van der Waals surface area contributed by atoms with E-state index in [1.165, 1.54) is 6.20 Å². The van der Waals surface area contributed by atoms with Gasteiger partial charge in [0.05, 0.1) is 5.69 Å². The van der Waals surface area contributed by atoms with Crippen molar-refractivity contribution in [3.8, 4) is 0 Å². The minimum absolute atomic E-state index is 0.0211. The molecule has 2 heterocycles. The number of rotatable bonds is 2. The second-order valence-electron chi connectivity index (χ2n) is 4.74. The van der Waals surface area contributed by atoms with Gasteiger partial charge in [0.1, 0.15) is 0 Å². The maximum absolute atomic E-state index is 11.1. The first-order valence-corrected chi connectivity index (χ1v) is 5.48. The molecule has 4 heteroatoms. The zero-order valence-corrected chi connectivity index (χ0v) is 9.60. The fourth-order valence-electron chi connectivity index (χ4n) is 2.33. The summed E-state index contributed by atoms with van der Waals surface area (Å²) in [5.41, 5.74) is 0.905. The van der Waals surface area contributed by atoms with Crippen molar-refractivity contribution in [2.75, 3.05) is 11.4 Å². The molecule has 1 aromatic heterocycles. The van der Waals surface area contributed by atoms with E-state index < -0.39 is 5.97 Å². The first-order valence-electron chi connectivity index (χ1n) is 5.48. The summed E-state index contributed by atoms with van der Waals surface area (Å²) in [4.78, 5) is 17.2. The molecule has 0 saturated carbocycles. The molecule has 0 atom stereocenters. The van der Waals surface area contributed by atoms with E-state index in [-0.39, 0.29) is 11.2 Å². The second kappa shape index (κ2) is 3.77. The van der Waals surface area contributed by atoms with Crippen molar-refractivity contribution in [1.29, 1.82) is 0 Å². The van der Waals surface area contributed by atoms with Crippen molar-refractivity contribution in [2.45, 2.75) is 32.2 Å². The third kappa shape index (κ3) is 1.75. The molecule has 1 aliphatic rings. The van der Waals surface area contributed by atoms with Crippen LogP contribution in [0.1, 0.15) is 37.2 Å². The maximum Gasteiger partial charge on any atom is 0.356 e. The summed E-state index contributed by atoms with van der Waals surface area (Å²) >= 11 is 0. The Morgan fingerprint density at radius 3 is 2.88 bits per heavy atom. The summed E-state index contributed by atoms with van der Waals surface area (Å²) in [6.45, 7) is 5.18. The molecule has 4 nitrogen and oxygen atoms in total. The van der Waals surface area contributed by atoms with E-state index in [1.54, 1.807) is 6.07 Å². The van der Waals surface area contributed by atoms with Crippen LogP contribution in [0.5, 0.6) is 0 Å². The number of pyridine rings is 1. The highest BCUT2D eigenvalue weighted by atomic mass is 16.4. The molecule has 1 fully saturated rings. The number of carboxylic acid groups (broad SMARTS) is 1. The fraction of sp³-hybridized carbons (Fsp3) is 0.500. The van der Waals surface area contributed by atoms with Crippen LogP contribution in [-0.4, -0.2) is 28.1 Å². The van der Waals surface area contributed by atoms with Crippen LogP contribution in [0.3, 0.4) is 0 Å². The topological polar surface area (TPSA) is 53.4 Å². The van der Waals surface area contributed by atoms with Crippen LogP contribution in [0.2, 0.25) is 0 Å². The largest absolute Gasteiger partial charge is 0.476 e. The molecule has 0 aromatic carbocycles. The Hall–Kier alpha value is -1.58. The quantitative estimate of drug-likeness (QED) is 0.829. The number of anilines is 1. The number of nitrogens with zero attached hydrogens (tertiary/aromatic N) is 2. The molecular weight excluding hydrogens is 204 g/mol. The van der Waals surface area contributed by atoms with Crippen LogP contribution in [-0.2, 0) is 0 Å². The number of carboxylic acids is 1. The SMILES string of the molecule is CC1(C)CCCN1c1cccnc1C(=O)O. The minimum Gasteiger partial charge on any atom is -0.476 e. The van der Waals surface area contributed by atoms with Crippen molar-refractivity contribution in [3.63, 3.8) is 0 Å². The molecule has 1 saturated heterocycles. The van der Waals surface area contributed by atoms with Gasteiger partial charge in [-0.1, -0.05) is 0 Å².